The molecule has 2 aliphatic rings. The zero-order chi connectivity index (χ0) is 18.0. The first-order valence-electron chi connectivity index (χ1n) is 9.10. The highest BCUT2D eigenvalue weighted by Crippen LogP contribution is 2.37. The van der Waals surface area contributed by atoms with Crippen LogP contribution in [0.2, 0.25) is 0 Å². The molecule has 0 aromatic carbocycles. The summed E-state index contributed by atoms with van der Waals surface area (Å²) in [6.07, 6.45) is 4.02. The van der Waals surface area contributed by atoms with Gasteiger partial charge in [-0.25, -0.2) is 9.48 Å². The van der Waals surface area contributed by atoms with E-state index in [1.807, 2.05) is 4.57 Å². The Morgan fingerprint density at radius 1 is 1.16 bits per heavy atom. The number of hydrogen-bond acceptors (Lipinski definition) is 5. The van der Waals surface area contributed by atoms with Crippen LogP contribution in [-0.2, 0) is 21.4 Å². The molecule has 1 amide bonds. The summed E-state index contributed by atoms with van der Waals surface area (Å²) in [7, 11) is 1.69. The van der Waals surface area contributed by atoms with Crippen molar-refractivity contribution in [2.75, 3.05) is 19.7 Å². The summed E-state index contributed by atoms with van der Waals surface area (Å²) in [6, 6.07) is 0.306. The lowest BCUT2D eigenvalue weighted by atomic mass is 9.95. The van der Waals surface area contributed by atoms with Gasteiger partial charge in [0.25, 0.3) is 0 Å². The monoisotopic (exact) mass is 350 g/mol. The maximum absolute atomic E-state index is 12.2. The molecule has 1 aromatic heterocycles. The van der Waals surface area contributed by atoms with E-state index in [4.69, 9.17) is 4.74 Å². The van der Waals surface area contributed by atoms with Crippen LogP contribution in [0.4, 0.5) is 0 Å². The van der Waals surface area contributed by atoms with Crippen molar-refractivity contribution in [1.82, 2.24) is 19.2 Å². The van der Waals surface area contributed by atoms with Crippen LogP contribution in [0.25, 0.3) is 0 Å². The number of piperidine rings is 1. The number of likely N-dealkylation sites (tertiary alicyclic amines) is 1. The van der Waals surface area contributed by atoms with Crippen LogP contribution in [0.1, 0.15) is 63.2 Å². The van der Waals surface area contributed by atoms with Crippen LogP contribution in [0.15, 0.2) is 4.79 Å². The van der Waals surface area contributed by atoms with Crippen LogP contribution in [0, 0.1) is 0 Å². The summed E-state index contributed by atoms with van der Waals surface area (Å²) in [5, 5.41) is 4.45. The van der Waals surface area contributed by atoms with Crippen LogP contribution < -0.4 is 5.69 Å². The van der Waals surface area contributed by atoms with E-state index in [0.29, 0.717) is 25.7 Å². The average molecular weight is 350 g/mol. The summed E-state index contributed by atoms with van der Waals surface area (Å²) in [4.78, 5) is 37.7. The fourth-order valence-corrected chi connectivity index (χ4v) is 3.44. The van der Waals surface area contributed by atoms with Gasteiger partial charge in [0.1, 0.15) is 5.82 Å². The number of aryl methyl sites for hydroxylation is 1. The molecule has 0 spiro atoms. The number of aromatic nitrogens is 3. The molecule has 2 fully saturated rings. The zero-order valence-corrected chi connectivity index (χ0v) is 14.9. The zero-order valence-electron chi connectivity index (χ0n) is 14.9. The summed E-state index contributed by atoms with van der Waals surface area (Å²) in [5.41, 5.74) is -0.0366. The van der Waals surface area contributed by atoms with Gasteiger partial charge in [-0.15, -0.1) is 0 Å². The minimum atomic E-state index is -0.326. The number of nitrogens with zero attached hydrogens (tertiary/aromatic N) is 4. The van der Waals surface area contributed by atoms with E-state index in [1.165, 1.54) is 4.68 Å². The normalized spacial score (nSPS) is 18.4. The van der Waals surface area contributed by atoms with E-state index in [1.54, 1.807) is 18.9 Å². The van der Waals surface area contributed by atoms with E-state index in [2.05, 4.69) is 5.10 Å². The topological polar surface area (TPSA) is 86.4 Å². The first kappa shape index (κ1) is 17.7. The van der Waals surface area contributed by atoms with Crippen molar-refractivity contribution in [2.24, 2.45) is 7.05 Å². The highest BCUT2D eigenvalue weighted by Gasteiger charge is 2.34. The molecule has 2 heterocycles. The summed E-state index contributed by atoms with van der Waals surface area (Å²) in [5.74, 6) is 0.747. The molecule has 1 saturated carbocycles. The quantitative estimate of drug-likeness (QED) is 0.714. The predicted molar refractivity (Wildman–Crippen MR) is 90.2 cm³/mol. The van der Waals surface area contributed by atoms with Gasteiger partial charge in [-0.05, 0) is 32.6 Å². The number of carbonyl (C=O) groups excluding carboxylic acids is 2. The molecule has 1 saturated heterocycles. The van der Waals surface area contributed by atoms with E-state index in [9.17, 15) is 14.4 Å². The lowest BCUT2D eigenvalue weighted by Crippen LogP contribution is -2.38. The van der Waals surface area contributed by atoms with Crippen LogP contribution >= 0.6 is 0 Å². The molecule has 8 heteroatoms. The van der Waals surface area contributed by atoms with Crippen LogP contribution in [-0.4, -0.2) is 50.8 Å². The molecule has 138 valence electrons. The lowest BCUT2D eigenvalue weighted by molar-refractivity contribution is -0.145. The summed E-state index contributed by atoms with van der Waals surface area (Å²) < 4.78 is 8.13. The van der Waals surface area contributed by atoms with Crippen molar-refractivity contribution in [3.05, 3.63) is 16.3 Å². The molecular weight excluding hydrogens is 324 g/mol. The average Bonchev–Trinajstić information content (AvgIpc) is 3.39. The minimum absolute atomic E-state index is 0.00731. The summed E-state index contributed by atoms with van der Waals surface area (Å²) in [6.45, 7) is 3.37. The van der Waals surface area contributed by atoms with Crippen LogP contribution in [0.5, 0.6) is 0 Å². The molecule has 0 bridgehead atoms. The summed E-state index contributed by atoms with van der Waals surface area (Å²) >= 11 is 0. The van der Waals surface area contributed by atoms with E-state index in [-0.39, 0.29) is 36.3 Å². The van der Waals surface area contributed by atoms with Gasteiger partial charge in [-0.2, -0.15) is 5.10 Å². The molecular formula is C17H26N4O4. The predicted octanol–water partition coefficient (Wildman–Crippen LogP) is 0.966. The molecule has 0 N–H and O–H groups in total. The molecule has 1 aromatic rings. The Morgan fingerprint density at radius 3 is 2.44 bits per heavy atom. The lowest BCUT2D eigenvalue weighted by Gasteiger charge is -2.31. The largest absolute Gasteiger partial charge is 0.466 e. The third kappa shape index (κ3) is 3.93. The van der Waals surface area contributed by atoms with Crippen LogP contribution in [0.3, 0.4) is 0 Å². The van der Waals surface area contributed by atoms with Crippen molar-refractivity contribution < 1.29 is 14.3 Å². The smallest absolute Gasteiger partial charge is 0.345 e. The van der Waals surface area contributed by atoms with Crippen molar-refractivity contribution in [3.8, 4) is 0 Å². The minimum Gasteiger partial charge on any atom is -0.466 e. The molecule has 25 heavy (non-hydrogen) atoms. The van der Waals surface area contributed by atoms with Gasteiger partial charge in [-0.3, -0.25) is 14.2 Å². The number of ether oxygens (including phenoxy) is 1. The molecule has 0 unspecified atom stereocenters. The van der Waals surface area contributed by atoms with Gasteiger partial charge in [0, 0.05) is 38.5 Å². The fraction of sp³-hybridized carbons (Fsp3) is 0.765. The number of amides is 1. The Balaban J connectivity index is 1.56. The van der Waals surface area contributed by atoms with Crippen molar-refractivity contribution in [1.29, 1.82) is 0 Å². The van der Waals surface area contributed by atoms with Crippen molar-refractivity contribution >= 4 is 11.9 Å². The van der Waals surface area contributed by atoms with E-state index >= 15 is 0 Å². The molecule has 3 rings (SSSR count). The van der Waals surface area contributed by atoms with Gasteiger partial charge < -0.3 is 9.64 Å². The SMILES string of the molecule is CCOC(=O)CCC(=O)N1CCC(c2nn(C)c(=O)n2C2CC2)CC1. The number of rotatable bonds is 6. The Labute approximate surface area is 146 Å². The molecule has 1 aliphatic heterocycles. The second-order valence-corrected chi connectivity index (χ2v) is 6.83. The standard InChI is InChI=1S/C17H26N4O4/c1-3-25-15(23)7-6-14(22)20-10-8-12(9-11-20)16-18-19(2)17(24)21(16)13-4-5-13/h12-13H,3-11H2,1-2H3. The van der Waals surface area contributed by atoms with E-state index in [0.717, 1.165) is 31.5 Å². The molecule has 1 aliphatic carbocycles. The molecule has 0 radical (unpaired) electrons. The fourth-order valence-electron chi connectivity index (χ4n) is 3.44. The Hall–Kier alpha value is -2.12. The highest BCUT2D eigenvalue weighted by atomic mass is 16.5. The Bertz CT molecular complexity index is 696. The first-order valence-corrected chi connectivity index (χ1v) is 9.10. The van der Waals surface area contributed by atoms with E-state index < -0.39 is 0 Å². The molecule has 0 atom stereocenters. The van der Waals surface area contributed by atoms with Crippen molar-refractivity contribution in [2.45, 2.75) is 57.4 Å². The number of hydrogen-bond donors (Lipinski definition) is 0. The van der Waals surface area contributed by atoms with Gasteiger partial charge in [-0.1, -0.05) is 0 Å². The third-order valence-corrected chi connectivity index (χ3v) is 4.96. The van der Waals surface area contributed by atoms with Gasteiger partial charge >= 0.3 is 11.7 Å². The van der Waals surface area contributed by atoms with Gasteiger partial charge in [0.15, 0.2) is 0 Å². The highest BCUT2D eigenvalue weighted by molar-refractivity contribution is 5.81. The second-order valence-electron chi connectivity index (χ2n) is 6.83. The first-order chi connectivity index (χ1) is 12.0. The Kier molecular flexibility index (Phi) is 5.24. The Morgan fingerprint density at radius 2 is 1.84 bits per heavy atom. The number of esters is 1. The number of carbonyl (C=O) groups is 2. The second kappa shape index (κ2) is 7.41. The van der Waals surface area contributed by atoms with Gasteiger partial charge in [0.2, 0.25) is 5.91 Å². The maximum Gasteiger partial charge on any atom is 0.345 e. The van der Waals surface area contributed by atoms with Crippen molar-refractivity contribution in [3.63, 3.8) is 0 Å². The maximum atomic E-state index is 12.2. The van der Waals surface area contributed by atoms with Gasteiger partial charge in [0.05, 0.1) is 13.0 Å². The molecule has 8 nitrogen and oxygen atoms in total. The third-order valence-electron chi connectivity index (χ3n) is 4.96.